The predicted molar refractivity (Wildman–Crippen MR) is 71.4 cm³/mol. The van der Waals surface area contributed by atoms with Gasteiger partial charge < -0.3 is 10.1 Å². The molecule has 0 spiro atoms. The Labute approximate surface area is 115 Å². The van der Waals surface area contributed by atoms with E-state index in [1.165, 1.54) is 0 Å². The van der Waals surface area contributed by atoms with E-state index in [-0.39, 0.29) is 12.1 Å². The van der Waals surface area contributed by atoms with E-state index < -0.39 is 17.5 Å². The van der Waals surface area contributed by atoms with Crippen LogP contribution in [0.5, 0.6) is 5.75 Å². The minimum absolute atomic E-state index is 0.0643. The van der Waals surface area contributed by atoms with Gasteiger partial charge in [0.2, 0.25) is 0 Å². The van der Waals surface area contributed by atoms with Crippen molar-refractivity contribution in [1.29, 1.82) is 0 Å². The number of ether oxygens (including phenoxy) is 1. The fraction of sp³-hybridized carbons (Fsp3) is 0.200. The Kier molecular flexibility index (Phi) is 4.17. The van der Waals surface area contributed by atoms with Crippen molar-refractivity contribution in [3.8, 4) is 5.75 Å². The molecule has 0 radical (unpaired) electrons. The van der Waals surface area contributed by atoms with Crippen molar-refractivity contribution in [3.05, 3.63) is 58.9 Å². The molecule has 2 rings (SSSR count). The molecule has 0 heterocycles. The Balaban J connectivity index is 2.13. The summed E-state index contributed by atoms with van der Waals surface area (Å²) in [4.78, 5) is 0. The van der Waals surface area contributed by atoms with E-state index in [1.54, 1.807) is 19.2 Å². The molecule has 0 aliphatic carbocycles. The maximum Gasteiger partial charge on any atom is 0.161 e. The van der Waals surface area contributed by atoms with E-state index in [9.17, 15) is 13.2 Å². The lowest BCUT2D eigenvalue weighted by atomic mass is 10.1. The zero-order valence-corrected chi connectivity index (χ0v) is 11.1. The van der Waals surface area contributed by atoms with Gasteiger partial charge in [-0.05, 0) is 36.8 Å². The standard InChI is InChI=1S/C15H14F3NO/c1-9-5-11(3-4-15(9)20-2)19-8-10-6-13(17)14(18)7-12(10)16/h3-7,19H,8H2,1-2H3. The number of halogens is 3. The monoisotopic (exact) mass is 281 g/mol. The number of methoxy groups -OCH3 is 1. The van der Waals surface area contributed by atoms with Gasteiger partial charge >= 0.3 is 0 Å². The van der Waals surface area contributed by atoms with Crippen molar-refractivity contribution in [3.63, 3.8) is 0 Å². The average molecular weight is 281 g/mol. The van der Waals surface area contributed by atoms with Crippen LogP contribution in [0.2, 0.25) is 0 Å². The zero-order valence-electron chi connectivity index (χ0n) is 11.1. The Morgan fingerprint density at radius 3 is 2.35 bits per heavy atom. The Morgan fingerprint density at radius 1 is 1.00 bits per heavy atom. The van der Waals surface area contributed by atoms with Crippen molar-refractivity contribution in [2.45, 2.75) is 13.5 Å². The predicted octanol–water partition coefficient (Wildman–Crippen LogP) is 4.03. The topological polar surface area (TPSA) is 21.3 Å². The van der Waals surface area contributed by atoms with Crippen molar-refractivity contribution in [1.82, 2.24) is 0 Å². The maximum atomic E-state index is 13.5. The van der Waals surface area contributed by atoms with Crippen molar-refractivity contribution in [2.24, 2.45) is 0 Å². The van der Waals surface area contributed by atoms with Crippen LogP contribution in [0.1, 0.15) is 11.1 Å². The largest absolute Gasteiger partial charge is 0.496 e. The van der Waals surface area contributed by atoms with Gasteiger partial charge in [-0.3, -0.25) is 0 Å². The lowest BCUT2D eigenvalue weighted by Gasteiger charge is -2.10. The summed E-state index contributed by atoms with van der Waals surface area (Å²) >= 11 is 0. The highest BCUT2D eigenvalue weighted by Gasteiger charge is 2.09. The number of hydrogen-bond acceptors (Lipinski definition) is 2. The number of aryl methyl sites for hydroxylation is 1. The highest BCUT2D eigenvalue weighted by Crippen LogP contribution is 2.22. The van der Waals surface area contributed by atoms with Gasteiger partial charge in [-0.15, -0.1) is 0 Å². The average Bonchev–Trinajstić information content (AvgIpc) is 2.41. The summed E-state index contributed by atoms with van der Waals surface area (Å²) in [6.07, 6.45) is 0. The van der Waals surface area contributed by atoms with Crippen LogP contribution in [-0.2, 0) is 6.54 Å². The van der Waals surface area contributed by atoms with Crippen molar-refractivity contribution in [2.75, 3.05) is 12.4 Å². The number of anilines is 1. The number of nitrogens with one attached hydrogen (secondary N) is 1. The molecule has 0 aliphatic heterocycles. The van der Waals surface area contributed by atoms with Crippen LogP contribution in [0.4, 0.5) is 18.9 Å². The summed E-state index contributed by atoms with van der Waals surface area (Å²) < 4.78 is 44.5. The molecule has 0 amide bonds. The summed E-state index contributed by atoms with van der Waals surface area (Å²) in [6, 6.07) is 6.78. The first kappa shape index (κ1) is 14.2. The third-order valence-corrected chi connectivity index (χ3v) is 2.97. The quantitative estimate of drug-likeness (QED) is 0.854. The van der Waals surface area contributed by atoms with Crippen molar-refractivity contribution < 1.29 is 17.9 Å². The van der Waals surface area contributed by atoms with Crippen LogP contribution < -0.4 is 10.1 Å². The lowest BCUT2D eigenvalue weighted by Crippen LogP contribution is -2.04. The van der Waals surface area contributed by atoms with Gasteiger partial charge in [0, 0.05) is 23.9 Å². The molecule has 0 aliphatic rings. The second kappa shape index (κ2) is 5.86. The maximum absolute atomic E-state index is 13.5. The van der Waals surface area contributed by atoms with Crippen LogP contribution in [0.15, 0.2) is 30.3 Å². The van der Waals surface area contributed by atoms with Gasteiger partial charge in [-0.25, -0.2) is 13.2 Å². The van der Waals surface area contributed by atoms with E-state index in [1.807, 2.05) is 13.0 Å². The molecular weight excluding hydrogens is 267 g/mol. The molecule has 2 nitrogen and oxygen atoms in total. The van der Waals surface area contributed by atoms with Crippen LogP contribution in [-0.4, -0.2) is 7.11 Å². The van der Waals surface area contributed by atoms with Crippen molar-refractivity contribution >= 4 is 5.69 Å². The summed E-state index contributed by atoms with van der Waals surface area (Å²) in [5, 5.41) is 2.96. The first-order valence-electron chi connectivity index (χ1n) is 6.03. The minimum Gasteiger partial charge on any atom is -0.496 e. The van der Waals surface area contributed by atoms with Gasteiger partial charge in [-0.2, -0.15) is 0 Å². The fourth-order valence-corrected chi connectivity index (χ4v) is 1.88. The smallest absolute Gasteiger partial charge is 0.161 e. The fourth-order valence-electron chi connectivity index (χ4n) is 1.88. The molecule has 0 aromatic heterocycles. The number of benzene rings is 2. The molecular formula is C15H14F3NO. The van der Waals surface area contributed by atoms with E-state index in [0.29, 0.717) is 6.07 Å². The second-order valence-electron chi connectivity index (χ2n) is 4.40. The Morgan fingerprint density at radius 2 is 1.70 bits per heavy atom. The molecule has 20 heavy (non-hydrogen) atoms. The lowest BCUT2D eigenvalue weighted by molar-refractivity contribution is 0.412. The van der Waals surface area contributed by atoms with E-state index >= 15 is 0 Å². The first-order chi connectivity index (χ1) is 9.51. The highest BCUT2D eigenvalue weighted by atomic mass is 19.2. The van der Waals surface area contributed by atoms with E-state index in [4.69, 9.17) is 4.74 Å². The molecule has 106 valence electrons. The minimum atomic E-state index is -1.19. The molecule has 0 unspecified atom stereocenters. The van der Waals surface area contributed by atoms with Gasteiger partial charge in [-0.1, -0.05) is 0 Å². The zero-order chi connectivity index (χ0) is 14.7. The molecule has 0 bridgehead atoms. The number of rotatable bonds is 4. The molecule has 5 heteroatoms. The Bertz CT molecular complexity index is 629. The molecule has 2 aromatic rings. The molecule has 0 fully saturated rings. The van der Waals surface area contributed by atoms with Gasteiger partial charge in [0.25, 0.3) is 0 Å². The summed E-state index contributed by atoms with van der Waals surface area (Å²) in [6.45, 7) is 1.94. The molecule has 1 N–H and O–H groups in total. The van der Waals surface area contributed by atoms with Gasteiger partial charge in [0.1, 0.15) is 11.6 Å². The van der Waals surface area contributed by atoms with Gasteiger partial charge in [0.15, 0.2) is 11.6 Å². The molecule has 2 aromatic carbocycles. The highest BCUT2D eigenvalue weighted by molar-refractivity contribution is 5.51. The molecule has 0 atom stereocenters. The first-order valence-corrected chi connectivity index (χ1v) is 6.03. The third kappa shape index (κ3) is 3.04. The summed E-state index contributed by atoms with van der Waals surface area (Å²) in [5.41, 5.74) is 1.73. The van der Waals surface area contributed by atoms with Gasteiger partial charge in [0.05, 0.1) is 7.11 Å². The van der Waals surface area contributed by atoms with Crippen LogP contribution >= 0.6 is 0 Å². The van der Waals surface area contributed by atoms with E-state index in [2.05, 4.69) is 5.32 Å². The molecule has 0 saturated carbocycles. The number of hydrogen-bond donors (Lipinski definition) is 1. The molecule has 0 saturated heterocycles. The van der Waals surface area contributed by atoms with Crippen LogP contribution in [0.25, 0.3) is 0 Å². The van der Waals surface area contributed by atoms with Crippen LogP contribution in [0.3, 0.4) is 0 Å². The normalized spacial score (nSPS) is 10.4. The SMILES string of the molecule is COc1ccc(NCc2cc(F)c(F)cc2F)cc1C. The van der Waals surface area contributed by atoms with Crippen LogP contribution in [0, 0.1) is 24.4 Å². The van der Waals surface area contributed by atoms with E-state index in [0.717, 1.165) is 23.1 Å². The summed E-state index contributed by atoms with van der Waals surface area (Å²) in [5.74, 6) is -2.28. The third-order valence-electron chi connectivity index (χ3n) is 2.97. The Hall–Kier alpha value is -2.17. The second-order valence-corrected chi connectivity index (χ2v) is 4.40. The summed E-state index contributed by atoms with van der Waals surface area (Å²) in [7, 11) is 1.58.